The predicted molar refractivity (Wildman–Crippen MR) is 75.2 cm³/mol. The first-order valence-electron chi connectivity index (χ1n) is 7.96. The third kappa shape index (κ3) is 3.29. The van der Waals surface area contributed by atoms with Gasteiger partial charge in [-0.3, -0.25) is 0 Å². The zero-order chi connectivity index (χ0) is 14.1. The second kappa shape index (κ2) is 5.67. The molecular weight excluding hydrogens is 244 g/mol. The molecule has 0 heterocycles. The fourth-order valence-corrected chi connectivity index (χ4v) is 4.29. The minimum Gasteiger partial charge on any atom is -0.330 e. The molecule has 0 aliphatic heterocycles. The van der Waals surface area contributed by atoms with Gasteiger partial charge in [0.1, 0.15) is 0 Å². The van der Waals surface area contributed by atoms with Gasteiger partial charge in [-0.15, -0.1) is 0 Å². The maximum Gasteiger partial charge on any atom is 0.248 e. The van der Waals surface area contributed by atoms with E-state index in [0.29, 0.717) is 25.3 Å². The van der Waals surface area contributed by atoms with E-state index in [4.69, 9.17) is 5.73 Å². The normalized spacial score (nSPS) is 34.4. The lowest BCUT2D eigenvalue weighted by molar-refractivity contribution is -0.0844. The summed E-state index contributed by atoms with van der Waals surface area (Å²) in [5.41, 5.74) is 6.02. The van der Waals surface area contributed by atoms with Crippen LogP contribution in [0, 0.1) is 23.2 Å². The van der Waals surface area contributed by atoms with Gasteiger partial charge in [-0.05, 0) is 68.2 Å². The van der Waals surface area contributed by atoms with Crippen molar-refractivity contribution in [2.24, 2.45) is 28.9 Å². The summed E-state index contributed by atoms with van der Waals surface area (Å²) >= 11 is 0. The van der Waals surface area contributed by atoms with E-state index in [-0.39, 0.29) is 18.3 Å². The van der Waals surface area contributed by atoms with Crippen LogP contribution in [-0.4, -0.2) is 12.5 Å². The van der Waals surface area contributed by atoms with Gasteiger partial charge in [0.15, 0.2) is 0 Å². The van der Waals surface area contributed by atoms with Gasteiger partial charge in [0.05, 0.1) is 0 Å². The highest BCUT2D eigenvalue weighted by atomic mass is 19.3. The molecule has 2 saturated carbocycles. The smallest absolute Gasteiger partial charge is 0.248 e. The van der Waals surface area contributed by atoms with Crippen molar-refractivity contribution in [2.45, 2.75) is 71.1 Å². The minimum absolute atomic E-state index is 0.0175. The van der Waals surface area contributed by atoms with Gasteiger partial charge in [0.25, 0.3) is 0 Å². The molecule has 1 nitrogen and oxygen atoms in total. The SMILES string of the molecule is CC(C)C1CCC(C2(CN)CCC(F)(F)CC2)CC1. The Morgan fingerprint density at radius 3 is 1.95 bits per heavy atom. The number of hydrogen-bond acceptors (Lipinski definition) is 1. The first-order valence-corrected chi connectivity index (χ1v) is 7.96. The van der Waals surface area contributed by atoms with Crippen LogP contribution in [0.5, 0.6) is 0 Å². The summed E-state index contributed by atoms with van der Waals surface area (Å²) in [4.78, 5) is 0. The van der Waals surface area contributed by atoms with Gasteiger partial charge in [0, 0.05) is 12.8 Å². The average molecular weight is 273 g/mol. The van der Waals surface area contributed by atoms with E-state index >= 15 is 0 Å². The first kappa shape index (κ1) is 15.2. The topological polar surface area (TPSA) is 26.0 Å². The molecule has 2 rings (SSSR count). The lowest BCUT2D eigenvalue weighted by Crippen LogP contribution is -2.45. The van der Waals surface area contributed by atoms with E-state index in [9.17, 15) is 8.78 Å². The molecule has 0 saturated heterocycles. The molecule has 112 valence electrons. The number of hydrogen-bond donors (Lipinski definition) is 1. The Kier molecular flexibility index (Phi) is 4.54. The third-order valence-electron chi connectivity index (χ3n) is 5.96. The number of alkyl halides is 2. The molecule has 2 fully saturated rings. The van der Waals surface area contributed by atoms with E-state index in [1.54, 1.807) is 0 Å². The molecule has 0 aromatic carbocycles. The molecule has 0 aromatic rings. The van der Waals surface area contributed by atoms with Crippen molar-refractivity contribution >= 4 is 0 Å². The summed E-state index contributed by atoms with van der Waals surface area (Å²) in [7, 11) is 0. The Bertz CT molecular complexity index is 283. The molecule has 2 aliphatic rings. The molecule has 0 radical (unpaired) electrons. The van der Waals surface area contributed by atoms with Crippen LogP contribution in [-0.2, 0) is 0 Å². The van der Waals surface area contributed by atoms with E-state index < -0.39 is 5.92 Å². The van der Waals surface area contributed by atoms with Crippen LogP contribution in [0.2, 0.25) is 0 Å². The fraction of sp³-hybridized carbons (Fsp3) is 1.00. The fourth-order valence-electron chi connectivity index (χ4n) is 4.29. The lowest BCUT2D eigenvalue weighted by atomic mass is 9.59. The Balaban J connectivity index is 1.96. The molecule has 0 amide bonds. The van der Waals surface area contributed by atoms with Crippen molar-refractivity contribution in [1.82, 2.24) is 0 Å². The van der Waals surface area contributed by atoms with Crippen LogP contribution in [0.25, 0.3) is 0 Å². The molecule has 3 heteroatoms. The van der Waals surface area contributed by atoms with Crippen molar-refractivity contribution in [1.29, 1.82) is 0 Å². The monoisotopic (exact) mass is 273 g/mol. The van der Waals surface area contributed by atoms with Crippen LogP contribution in [0.15, 0.2) is 0 Å². The second-order valence-corrected chi connectivity index (χ2v) is 7.28. The Morgan fingerprint density at radius 1 is 1.00 bits per heavy atom. The molecule has 2 N–H and O–H groups in total. The Labute approximate surface area is 116 Å². The number of rotatable bonds is 3. The van der Waals surface area contributed by atoms with Crippen molar-refractivity contribution < 1.29 is 8.78 Å². The Morgan fingerprint density at radius 2 is 1.53 bits per heavy atom. The molecule has 0 bridgehead atoms. The van der Waals surface area contributed by atoms with Gasteiger partial charge in [-0.25, -0.2) is 8.78 Å². The van der Waals surface area contributed by atoms with Crippen LogP contribution in [0.4, 0.5) is 8.78 Å². The zero-order valence-electron chi connectivity index (χ0n) is 12.4. The van der Waals surface area contributed by atoms with Crippen LogP contribution in [0.3, 0.4) is 0 Å². The number of halogens is 2. The summed E-state index contributed by atoms with van der Waals surface area (Å²) in [5.74, 6) is -0.265. The quantitative estimate of drug-likeness (QED) is 0.799. The third-order valence-corrected chi connectivity index (χ3v) is 5.96. The first-order chi connectivity index (χ1) is 8.88. The van der Waals surface area contributed by atoms with E-state index in [1.807, 2.05) is 0 Å². The summed E-state index contributed by atoms with van der Waals surface area (Å²) in [6, 6.07) is 0. The molecule has 2 aliphatic carbocycles. The zero-order valence-corrected chi connectivity index (χ0v) is 12.4. The molecule has 19 heavy (non-hydrogen) atoms. The molecule has 0 atom stereocenters. The van der Waals surface area contributed by atoms with Gasteiger partial charge >= 0.3 is 0 Å². The van der Waals surface area contributed by atoms with Crippen molar-refractivity contribution in [3.63, 3.8) is 0 Å². The van der Waals surface area contributed by atoms with Gasteiger partial charge in [0.2, 0.25) is 5.92 Å². The van der Waals surface area contributed by atoms with Crippen LogP contribution < -0.4 is 5.73 Å². The van der Waals surface area contributed by atoms with Crippen molar-refractivity contribution in [3.05, 3.63) is 0 Å². The van der Waals surface area contributed by atoms with Crippen LogP contribution >= 0.6 is 0 Å². The summed E-state index contributed by atoms with van der Waals surface area (Å²) in [5, 5.41) is 0. The summed E-state index contributed by atoms with van der Waals surface area (Å²) in [6.45, 7) is 5.19. The Hall–Kier alpha value is -0.180. The lowest BCUT2D eigenvalue weighted by Gasteiger charge is -2.47. The maximum absolute atomic E-state index is 13.4. The predicted octanol–water partition coefficient (Wildman–Crippen LogP) is 4.60. The van der Waals surface area contributed by atoms with Gasteiger partial charge < -0.3 is 5.73 Å². The van der Waals surface area contributed by atoms with Crippen molar-refractivity contribution in [3.8, 4) is 0 Å². The van der Waals surface area contributed by atoms with E-state index in [1.165, 1.54) is 25.7 Å². The average Bonchev–Trinajstić information content (AvgIpc) is 2.40. The highest BCUT2D eigenvalue weighted by Crippen LogP contribution is 2.52. The van der Waals surface area contributed by atoms with Crippen LogP contribution in [0.1, 0.15) is 65.2 Å². The van der Waals surface area contributed by atoms with E-state index in [2.05, 4.69) is 13.8 Å². The maximum atomic E-state index is 13.4. The molecule has 0 spiro atoms. The number of nitrogens with two attached hydrogens (primary N) is 1. The molecule has 0 unspecified atom stereocenters. The van der Waals surface area contributed by atoms with Crippen molar-refractivity contribution in [2.75, 3.05) is 6.54 Å². The second-order valence-electron chi connectivity index (χ2n) is 7.28. The van der Waals surface area contributed by atoms with Gasteiger partial charge in [-0.1, -0.05) is 13.8 Å². The minimum atomic E-state index is -2.44. The highest BCUT2D eigenvalue weighted by molar-refractivity contribution is 4.95. The molecular formula is C16H29F2N. The largest absolute Gasteiger partial charge is 0.330 e. The summed E-state index contributed by atoms with van der Waals surface area (Å²) < 4.78 is 26.8. The van der Waals surface area contributed by atoms with Gasteiger partial charge in [-0.2, -0.15) is 0 Å². The standard InChI is InChI=1S/C16H29F2N/c1-12(2)13-3-5-14(6-4-13)15(11-19)7-9-16(17,18)10-8-15/h12-14H,3-11,19H2,1-2H3. The summed E-state index contributed by atoms with van der Waals surface area (Å²) in [6.07, 6.45) is 6.29. The molecule has 0 aromatic heterocycles. The highest BCUT2D eigenvalue weighted by Gasteiger charge is 2.47. The van der Waals surface area contributed by atoms with E-state index in [0.717, 1.165) is 11.8 Å².